The van der Waals surface area contributed by atoms with Gasteiger partial charge in [0.25, 0.3) is 0 Å². The predicted molar refractivity (Wildman–Crippen MR) is 100 cm³/mol. The number of hydrogen-bond acceptors (Lipinski definition) is 3. The van der Waals surface area contributed by atoms with Crippen LogP contribution in [0.1, 0.15) is 41.9 Å². The second-order valence-electron chi connectivity index (χ2n) is 7.48. The quantitative estimate of drug-likeness (QED) is 0.929. The van der Waals surface area contributed by atoms with Gasteiger partial charge in [-0.2, -0.15) is 5.26 Å². The van der Waals surface area contributed by atoms with Crippen LogP contribution in [0.15, 0.2) is 54.6 Å². The summed E-state index contributed by atoms with van der Waals surface area (Å²) < 4.78 is 0. The molecule has 2 fully saturated rings. The number of nitrogens with one attached hydrogen (secondary N) is 1. The Hall–Kier alpha value is -2.64. The number of benzene rings is 2. The van der Waals surface area contributed by atoms with E-state index in [0.717, 1.165) is 55.6 Å². The molecule has 0 unspecified atom stereocenters. The summed E-state index contributed by atoms with van der Waals surface area (Å²) in [5.41, 5.74) is 2.89. The zero-order valence-corrected chi connectivity index (χ0v) is 14.8. The average molecular weight is 345 g/mol. The maximum Gasteiger partial charge on any atom is 0.228 e. The number of nitrogens with zero attached hydrogens (tertiary/aromatic N) is 2. The highest BCUT2D eigenvalue weighted by atomic mass is 16.2. The molecule has 0 bridgehead atoms. The van der Waals surface area contributed by atoms with Gasteiger partial charge in [0.1, 0.15) is 0 Å². The highest BCUT2D eigenvalue weighted by Crippen LogP contribution is 2.39. The molecular weight excluding hydrogens is 322 g/mol. The van der Waals surface area contributed by atoms with Crippen LogP contribution in [0, 0.1) is 11.3 Å². The second-order valence-corrected chi connectivity index (χ2v) is 7.48. The van der Waals surface area contributed by atoms with E-state index in [2.05, 4.69) is 28.4 Å². The Morgan fingerprint density at radius 3 is 2.50 bits per heavy atom. The minimum atomic E-state index is -0.0666. The molecule has 4 nitrogen and oxygen atoms in total. The molecule has 1 amide bonds. The molecule has 2 aliphatic rings. The summed E-state index contributed by atoms with van der Waals surface area (Å²) in [5, 5.41) is 12.6. The number of piperidine rings is 1. The Morgan fingerprint density at radius 2 is 1.77 bits per heavy atom. The largest absolute Gasteiger partial charge is 0.350 e. The van der Waals surface area contributed by atoms with Gasteiger partial charge in [-0.3, -0.25) is 9.69 Å². The molecule has 0 aromatic heterocycles. The molecule has 0 aliphatic carbocycles. The molecule has 0 saturated carbocycles. The van der Waals surface area contributed by atoms with Gasteiger partial charge < -0.3 is 5.32 Å². The third-order valence-electron chi connectivity index (χ3n) is 5.85. The number of carbonyl (C=O) groups excluding carboxylic acids is 1. The predicted octanol–water partition coefficient (Wildman–Crippen LogP) is 3.20. The van der Waals surface area contributed by atoms with Crippen LogP contribution in [0.2, 0.25) is 0 Å². The number of rotatable bonds is 3. The molecule has 2 heterocycles. The number of amides is 1. The first kappa shape index (κ1) is 16.8. The highest BCUT2D eigenvalue weighted by molar-refractivity contribution is 5.87. The third kappa shape index (κ3) is 3.23. The van der Waals surface area contributed by atoms with E-state index in [1.54, 1.807) is 0 Å². The van der Waals surface area contributed by atoms with Crippen molar-refractivity contribution < 1.29 is 4.79 Å². The van der Waals surface area contributed by atoms with Crippen LogP contribution in [0.4, 0.5) is 0 Å². The Balaban J connectivity index is 1.41. The molecule has 132 valence electrons. The first-order valence-corrected chi connectivity index (χ1v) is 9.26. The van der Waals surface area contributed by atoms with Crippen molar-refractivity contribution in [3.8, 4) is 6.07 Å². The van der Waals surface area contributed by atoms with Crippen LogP contribution in [-0.2, 0) is 11.3 Å². The van der Waals surface area contributed by atoms with Crippen molar-refractivity contribution >= 4 is 5.91 Å². The van der Waals surface area contributed by atoms with Gasteiger partial charge in [-0.05, 0) is 36.5 Å². The van der Waals surface area contributed by atoms with Gasteiger partial charge in [0, 0.05) is 25.2 Å². The van der Waals surface area contributed by atoms with E-state index in [4.69, 9.17) is 0 Å². The van der Waals surface area contributed by atoms with Gasteiger partial charge in [-0.15, -0.1) is 0 Å². The van der Waals surface area contributed by atoms with Crippen molar-refractivity contribution in [1.29, 1.82) is 5.26 Å². The standard InChI is InChI=1S/C22H23N3O/c23-15-18-8-4-5-9-19(18)16-25-12-10-22(11-13-25)14-20(21(26)24-22)17-6-2-1-3-7-17/h1-9,20H,10-14,16H2,(H,24,26)/t20-/m0/s1. The minimum Gasteiger partial charge on any atom is -0.350 e. The van der Waals surface area contributed by atoms with Crippen LogP contribution in [0.3, 0.4) is 0 Å². The van der Waals surface area contributed by atoms with E-state index in [1.807, 2.05) is 42.5 Å². The van der Waals surface area contributed by atoms with Crippen molar-refractivity contribution in [3.63, 3.8) is 0 Å². The smallest absolute Gasteiger partial charge is 0.228 e. The van der Waals surface area contributed by atoms with Crippen LogP contribution in [-0.4, -0.2) is 29.4 Å². The van der Waals surface area contributed by atoms with E-state index in [1.165, 1.54) is 0 Å². The summed E-state index contributed by atoms with van der Waals surface area (Å²) in [7, 11) is 0. The topological polar surface area (TPSA) is 56.1 Å². The van der Waals surface area contributed by atoms with Crippen molar-refractivity contribution in [1.82, 2.24) is 10.2 Å². The molecule has 4 rings (SSSR count). The van der Waals surface area contributed by atoms with Crippen LogP contribution < -0.4 is 5.32 Å². The van der Waals surface area contributed by atoms with Crippen molar-refractivity contribution in [3.05, 3.63) is 71.3 Å². The monoisotopic (exact) mass is 345 g/mol. The molecule has 1 spiro atoms. The number of hydrogen-bond donors (Lipinski definition) is 1. The molecule has 2 saturated heterocycles. The summed E-state index contributed by atoms with van der Waals surface area (Å²) in [5.74, 6) is 0.140. The number of carbonyl (C=O) groups is 1. The van der Waals surface area contributed by atoms with E-state index < -0.39 is 0 Å². The summed E-state index contributed by atoms with van der Waals surface area (Å²) in [4.78, 5) is 14.9. The lowest BCUT2D eigenvalue weighted by atomic mass is 9.82. The van der Waals surface area contributed by atoms with E-state index in [9.17, 15) is 10.1 Å². The van der Waals surface area contributed by atoms with Gasteiger partial charge in [0.2, 0.25) is 5.91 Å². The van der Waals surface area contributed by atoms with Crippen molar-refractivity contribution in [2.24, 2.45) is 0 Å². The summed E-state index contributed by atoms with van der Waals surface area (Å²) in [6.45, 7) is 2.69. The van der Waals surface area contributed by atoms with Crippen LogP contribution in [0.5, 0.6) is 0 Å². The second kappa shape index (κ2) is 6.93. The van der Waals surface area contributed by atoms with Crippen LogP contribution in [0.25, 0.3) is 0 Å². The molecule has 4 heteroatoms. The molecular formula is C22H23N3O. The Kier molecular flexibility index (Phi) is 4.48. The van der Waals surface area contributed by atoms with Gasteiger partial charge in [-0.25, -0.2) is 0 Å². The van der Waals surface area contributed by atoms with Gasteiger partial charge >= 0.3 is 0 Å². The van der Waals surface area contributed by atoms with Gasteiger partial charge in [-0.1, -0.05) is 48.5 Å². The van der Waals surface area contributed by atoms with Gasteiger partial charge in [0.15, 0.2) is 0 Å². The maximum atomic E-state index is 12.5. The Morgan fingerprint density at radius 1 is 1.08 bits per heavy atom. The van der Waals surface area contributed by atoms with Crippen molar-refractivity contribution in [2.75, 3.05) is 13.1 Å². The lowest BCUT2D eigenvalue weighted by molar-refractivity contribution is -0.121. The fraction of sp³-hybridized carbons (Fsp3) is 0.364. The maximum absolute atomic E-state index is 12.5. The van der Waals surface area contributed by atoms with Crippen LogP contribution >= 0.6 is 0 Å². The molecule has 2 aromatic carbocycles. The first-order valence-electron chi connectivity index (χ1n) is 9.26. The Bertz CT molecular complexity index is 832. The molecule has 2 aliphatic heterocycles. The highest BCUT2D eigenvalue weighted by Gasteiger charge is 2.46. The normalized spacial score (nSPS) is 22.1. The molecule has 26 heavy (non-hydrogen) atoms. The minimum absolute atomic E-state index is 0.0259. The van der Waals surface area contributed by atoms with E-state index in [-0.39, 0.29) is 17.4 Å². The zero-order valence-electron chi connectivity index (χ0n) is 14.8. The lowest BCUT2D eigenvalue weighted by Crippen LogP contribution is -2.50. The molecule has 1 atom stereocenters. The summed E-state index contributed by atoms with van der Waals surface area (Å²) in [6, 6.07) is 20.2. The average Bonchev–Trinajstić information content (AvgIpc) is 3.01. The molecule has 0 radical (unpaired) electrons. The van der Waals surface area contributed by atoms with Gasteiger partial charge in [0.05, 0.1) is 17.6 Å². The Labute approximate surface area is 154 Å². The lowest BCUT2D eigenvalue weighted by Gasteiger charge is -2.39. The fourth-order valence-electron chi connectivity index (χ4n) is 4.31. The molecule has 1 N–H and O–H groups in total. The number of likely N-dealkylation sites (tertiary alicyclic amines) is 1. The van der Waals surface area contributed by atoms with E-state index in [0.29, 0.717) is 0 Å². The molecule has 2 aromatic rings. The first-order chi connectivity index (χ1) is 12.7. The van der Waals surface area contributed by atoms with Crippen molar-refractivity contribution in [2.45, 2.75) is 37.3 Å². The zero-order chi connectivity index (χ0) is 18.0. The summed E-state index contributed by atoms with van der Waals surface area (Å²) in [6.07, 6.45) is 2.83. The van der Waals surface area contributed by atoms with E-state index >= 15 is 0 Å². The summed E-state index contributed by atoms with van der Waals surface area (Å²) >= 11 is 0. The fourth-order valence-corrected chi connectivity index (χ4v) is 4.31. The SMILES string of the molecule is N#Cc1ccccc1CN1CCC2(CC1)C[C@@H](c1ccccc1)C(=O)N2. The third-order valence-corrected chi connectivity index (χ3v) is 5.85. The number of nitriles is 1.